The molecule has 0 unspecified atom stereocenters. The summed E-state index contributed by atoms with van der Waals surface area (Å²) in [7, 11) is 0. The van der Waals surface area contributed by atoms with Crippen molar-refractivity contribution in [2.45, 2.75) is 6.92 Å². The first-order valence-electron chi connectivity index (χ1n) is 8.30. The predicted molar refractivity (Wildman–Crippen MR) is 102 cm³/mol. The van der Waals surface area contributed by atoms with Crippen LogP contribution in [0.2, 0.25) is 0 Å². The van der Waals surface area contributed by atoms with E-state index in [2.05, 4.69) is 21.3 Å². The lowest BCUT2D eigenvalue weighted by Gasteiger charge is -2.28. The molecule has 0 spiro atoms. The molecule has 1 N–H and O–H groups in total. The van der Waals surface area contributed by atoms with E-state index in [-0.39, 0.29) is 5.91 Å². The summed E-state index contributed by atoms with van der Waals surface area (Å²) in [6.07, 6.45) is 0. The second-order valence-corrected chi connectivity index (χ2v) is 7.12. The van der Waals surface area contributed by atoms with E-state index in [0.717, 1.165) is 42.2 Å². The molecule has 128 valence electrons. The summed E-state index contributed by atoms with van der Waals surface area (Å²) in [5, 5.41) is 3.53. The molecule has 2 heterocycles. The molecule has 4 rings (SSSR count). The Balaban J connectivity index is 1.48. The molecule has 1 fully saturated rings. The molecule has 0 atom stereocenters. The normalized spacial score (nSPS) is 14.7. The smallest absolute Gasteiger partial charge is 0.257 e. The van der Waals surface area contributed by atoms with Gasteiger partial charge < -0.3 is 9.64 Å². The molecule has 2 aromatic carbocycles. The number of aromatic nitrogens is 1. The van der Waals surface area contributed by atoms with Gasteiger partial charge in [-0.05, 0) is 48.9 Å². The largest absolute Gasteiger partial charge is 0.378 e. The van der Waals surface area contributed by atoms with Gasteiger partial charge in [0.2, 0.25) is 0 Å². The molecule has 5 nitrogen and oxygen atoms in total. The zero-order chi connectivity index (χ0) is 17.2. The molecular formula is C19H19N3O2S. The van der Waals surface area contributed by atoms with Crippen LogP contribution in [-0.4, -0.2) is 37.2 Å². The summed E-state index contributed by atoms with van der Waals surface area (Å²) in [4.78, 5) is 19.2. The molecule has 1 aromatic heterocycles. The van der Waals surface area contributed by atoms with Crippen molar-refractivity contribution < 1.29 is 9.53 Å². The third-order valence-corrected chi connectivity index (χ3v) is 5.20. The maximum atomic E-state index is 12.5. The highest BCUT2D eigenvalue weighted by molar-refractivity contribution is 7.22. The lowest BCUT2D eigenvalue weighted by molar-refractivity contribution is 0.102. The molecule has 0 bridgehead atoms. The van der Waals surface area contributed by atoms with Gasteiger partial charge in [0.05, 0.1) is 23.4 Å². The van der Waals surface area contributed by atoms with Gasteiger partial charge in [0.15, 0.2) is 5.13 Å². The first-order chi connectivity index (χ1) is 12.2. The predicted octanol–water partition coefficient (Wildman–Crippen LogP) is 3.69. The van der Waals surface area contributed by atoms with E-state index in [1.54, 1.807) is 0 Å². The highest BCUT2D eigenvalue weighted by Gasteiger charge is 2.13. The third kappa shape index (κ3) is 3.50. The molecule has 1 aliphatic rings. The van der Waals surface area contributed by atoms with Gasteiger partial charge in [0, 0.05) is 24.3 Å². The number of hydrogen-bond donors (Lipinski definition) is 1. The second-order valence-electron chi connectivity index (χ2n) is 6.09. The topological polar surface area (TPSA) is 54.5 Å². The molecule has 0 saturated carbocycles. The van der Waals surface area contributed by atoms with Crippen molar-refractivity contribution in [3.05, 3.63) is 53.6 Å². The lowest BCUT2D eigenvalue weighted by Crippen LogP contribution is -2.36. The fraction of sp³-hybridized carbons (Fsp3) is 0.263. The second kappa shape index (κ2) is 6.82. The number of anilines is 2. The van der Waals surface area contributed by atoms with E-state index in [1.807, 2.05) is 43.3 Å². The number of hydrogen-bond acceptors (Lipinski definition) is 5. The maximum Gasteiger partial charge on any atom is 0.257 e. The Morgan fingerprint density at radius 3 is 2.68 bits per heavy atom. The molecule has 1 saturated heterocycles. The van der Waals surface area contributed by atoms with Crippen molar-refractivity contribution in [1.29, 1.82) is 0 Å². The van der Waals surface area contributed by atoms with Crippen LogP contribution >= 0.6 is 11.3 Å². The average Bonchev–Trinajstić information content (AvgIpc) is 3.04. The molecule has 3 aromatic rings. The number of carbonyl (C=O) groups excluding carboxylic acids is 1. The zero-order valence-corrected chi connectivity index (χ0v) is 14.8. The van der Waals surface area contributed by atoms with Gasteiger partial charge in [-0.3, -0.25) is 10.1 Å². The Bertz CT molecular complexity index is 899. The first kappa shape index (κ1) is 16.1. The summed E-state index contributed by atoms with van der Waals surface area (Å²) in [6.45, 7) is 5.32. The van der Waals surface area contributed by atoms with Crippen LogP contribution in [0.3, 0.4) is 0 Å². The Hall–Kier alpha value is -2.44. The summed E-state index contributed by atoms with van der Waals surface area (Å²) in [6, 6.07) is 13.8. The lowest BCUT2D eigenvalue weighted by atomic mass is 10.2. The van der Waals surface area contributed by atoms with Gasteiger partial charge in [0.25, 0.3) is 5.91 Å². The Morgan fingerprint density at radius 1 is 1.16 bits per heavy atom. The van der Waals surface area contributed by atoms with Crippen molar-refractivity contribution >= 4 is 38.3 Å². The van der Waals surface area contributed by atoms with E-state index in [0.29, 0.717) is 10.7 Å². The number of fused-ring (bicyclic) bond motifs is 1. The van der Waals surface area contributed by atoms with Crippen LogP contribution in [0, 0.1) is 6.92 Å². The monoisotopic (exact) mass is 353 g/mol. The Kier molecular flexibility index (Phi) is 4.38. The SMILES string of the molecule is Cc1ccc2nc(NC(=O)c3ccc(N4CCOCC4)cc3)sc2c1. The first-order valence-corrected chi connectivity index (χ1v) is 9.12. The molecule has 1 amide bonds. The number of carbonyl (C=O) groups is 1. The van der Waals surface area contributed by atoms with Crippen LogP contribution in [0.5, 0.6) is 0 Å². The van der Waals surface area contributed by atoms with Crippen LogP contribution < -0.4 is 10.2 Å². The number of aryl methyl sites for hydroxylation is 1. The van der Waals surface area contributed by atoms with Gasteiger partial charge in [-0.2, -0.15) is 0 Å². The molecule has 1 aliphatic heterocycles. The van der Waals surface area contributed by atoms with Gasteiger partial charge in [0.1, 0.15) is 0 Å². The number of ether oxygens (including phenoxy) is 1. The van der Waals surface area contributed by atoms with Crippen molar-refractivity contribution in [2.24, 2.45) is 0 Å². The van der Waals surface area contributed by atoms with Crippen LogP contribution in [-0.2, 0) is 4.74 Å². The van der Waals surface area contributed by atoms with E-state index in [9.17, 15) is 4.79 Å². The van der Waals surface area contributed by atoms with E-state index >= 15 is 0 Å². The van der Waals surface area contributed by atoms with Gasteiger partial charge >= 0.3 is 0 Å². The highest BCUT2D eigenvalue weighted by Crippen LogP contribution is 2.27. The molecule has 0 radical (unpaired) electrons. The van der Waals surface area contributed by atoms with Gasteiger partial charge in [-0.1, -0.05) is 17.4 Å². The zero-order valence-electron chi connectivity index (χ0n) is 14.0. The molecule has 25 heavy (non-hydrogen) atoms. The number of thiazole rings is 1. The number of nitrogens with one attached hydrogen (secondary N) is 1. The van der Waals surface area contributed by atoms with Crippen molar-refractivity contribution in [2.75, 3.05) is 36.5 Å². The Labute approximate surface area is 150 Å². The fourth-order valence-corrected chi connectivity index (χ4v) is 3.86. The quantitative estimate of drug-likeness (QED) is 0.780. The summed E-state index contributed by atoms with van der Waals surface area (Å²) < 4.78 is 6.45. The van der Waals surface area contributed by atoms with Crippen molar-refractivity contribution in [3.63, 3.8) is 0 Å². The van der Waals surface area contributed by atoms with Gasteiger partial charge in [-0.15, -0.1) is 0 Å². The summed E-state index contributed by atoms with van der Waals surface area (Å²) in [5.74, 6) is -0.135. The van der Waals surface area contributed by atoms with Crippen LogP contribution in [0.15, 0.2) is 42.5 Å². The Morgan fingerprint density at radius 2 is 1.92 bits per heavy atom. The van der Waals surface area contributed by atoms with Crippen LogP contribution in [0.25, 0.3) is 10.2 Å². The third-order valence-electron chi connectivity index (χ3n) is 4.27. The van der Waals surface area contributed by atoms with E-state index in [4.69, 9.17) is 4.74 Å². The number of benzene rings is 2. The number of morpholine rings is 1. The van der Waals surface area contributed by atoms with Gasteiger partial charge in [-0.25, -0.2) is 4.98 Å². The average molecular weight is 353 g/mol. The maximum absolute atomic E-state index is 12.5. The number of amides is 1. The molecular weight excluding hydrogens is 334 g/mol. The van der Waals surface area contributed by atoms with E-state index < -0.39 is 0 Å². The van der Waals surface area contributed by atoms with Crippen LogP contribution in [0.1, 0.15) is 15.9 Å². The van der Waals surface area contributed by atoms with Crippen molar-refractivity contribution in [1.82, 2.24) is 4.98 Å². The van der Waals surface area contributed by atoms with Crippen molar-refractivity contribution in [3.8, 4) is 0 Å². The van der Waals surface area contributed by atoms with Crippen LogP contribution in [0.4, 0.5) is 10.8 Å². The minimum absolute atomic E-state index is 0.135. The minimum Gasteiger partial charge on any atom is -0.378 e. The number of rotatable bonds is 3. The molecule has 6 heteroatoms. The minimum atomic E-state index is -0.135. The van der Waals surface area contributed by atoms with E-state index in [1.165, 1.54) is 16.9 Å². The summed E-state index contributed by atoms with van der Waals surface area (Å²) in [5.41, 5.74) is 3.85. The number of nitrogens with zero attached hydrogens (tertiary/aromatic N) is 2. The standard InChI is InChI=1S/C19H19N3O2S/c1-13-2-7-16-17(12-13)25-19(20-16)21-18(23)14-3-5-15(6-4-14)22-8-10-24-11-9-22/h2-7,12H,8-11H2,1H3,(H,20,21,23). The molecule has 0 aliphatic carbocycles. The fourth-order valence-electron chi connectivity index (χ4n) is 2.90. The summed E-state index contributed by atoms with van der Waals surface area (Å²) >= 11 is 1.50. The highest BCUT2D eigenvalue weighted by atomic mass is 32.1.